The Kier molecular flexibility index (Phi) is 5.32. The van der Waals surface area contributed by atoms with Crippen LogP contribution in [0.3, 0.4) is 0 Å². The minimum atomic E-state index is -0.0581. The Morgan fingerprint density at radius 3 is 2.96 bits per heavy atom. The number of likely N-dealkylation sites (tertiary alicyclic amines) is 1. The van der Waals surface area contributed by atoms with E-state index in [9.17, 15) is 4.79 Å². The second-order valence-electron chi connectivity index (χ2n) is 7.14. The van der Waals surface area contributed by atoms with Gasteiger partial charge < -0.3 is 19.9 Å². The summed E-state index contributed by atoms with van der Waals surface area (Å²) in [6.45, 7) is 5.32. The van der Waals surface area contributed by atoms with Gasteiger partial charge in [-0.3, -0.25) is 4.98 Å². The maximum atomic E-state index is 12.8. The van der Waals surface area contributed by atoms with Crippen LogP contribution in [0.2, 0.25) is 0 Å². The van der Waals surface area contributed by atoms with Crippen molar-refractivity contribution in [2.45, 2.75) is 25.4 Å². The van der Waals surface area contributed by atoms with Gasteiger partial charge >= 0.3 is 6.03 Å². The van der Waals surface area contributed by atoms with Crippen LogP contribution >= 0.6 is 0 Å². The first-order chi connectivity index (χ1) is 12.8. The van der Waals surface area contributed by atoms with Crippen LogP contribution < -0.4 is 5.32 Å². The van der Waals surface area contributed by atoms with E-state index in [1.54, 1.807) is 6.20 Å². The number of fused-ring (bicyclic) bond motifs is 1. The molecule has 138 valence electrons. The largest absolute Gasteiger partial charge is 0.375 e. The number of nitrogens with zero attached hydrogens (tertiary/aromatic N) is 3. The zero-order chi connectivity index (χ0) is 17.8. The lowest BCUT2D eigenvalue weighted by Gasteiger charge is -2.27. The predicted octanol–water partition coefficient (Wildman–Crippen LogP) is 2.95. The van der Waals surface area contributed by atoms with Crippen LogP contribution in [0, 0.1) is 0 Å². The van der Waals surface area contributed by atoms with E-state index in [1.807, 2.05) is 35.2 Å². The Hall–Kier alpha value is -2.18. The molecule has 2 fully saturated rings. The molecular weight excluding hydrogens is 328 g/mol. The second kappa shape index (κ2) is 8.01. The van der Waals surface area contributed by atoms with Crippen molar-refractivity contribution in [2.24, 2.45) is 0 Å². The lowest BCUT2D eigenvalue weighted by atomic mass is 10.2. The highest BCUT2D eigenvalue weighted by atomic mass is 16.5. The van der Waals surface area contributed by atoms with Crippen molar-refractivity contribution in [1.82, 2.24) is 14.8 Å². The average Bonchev–Trinajstić information content (AvgIpc) is 3.05. The number of aromatic nitrogens is 1. The molecule has 6 nitrogen and oxygen atoms in total. The number of nitrogens with one attached hydrogen (secondary N) is 1. The molecule has 1 aromatic heterocycles. The van der Waals surface area contributed by atoms with E-state index in [0.29, 0.717) is 6.54 Å². The summed E-state index contributed by atoms with van der Waals surface area (Å²) in [6.07, 6.45) is 5.28. The molecule has 1 atom stereocenters. The van der Waals surface area contributed by atoms with Gasteiger partial charge in [-0.2, -0.15) is 0 Å². The van der Waals surface area contributed by atoms with Crippen LogP contribution in [0.4, 0.5) is 10.5 Å². The van der Waals surface area contributed by atoms with Gasteiger partial charge in [-0.05, 0) is 50.6 Å². The predicted molar refractivity (Wildman–Crippen MR) is 102 cm³/mol. The summed E-state index contributed by atoms with van der Waals surface area (Å²) < 4.78 is 5.98. The topological polar surface area (TPSA) is 57.7 Å². The van der Waals surface area contributed by atoms with Gasteiger partial charge in [-0.1, -0.05) is 12.1 Å². The number of urea groups is 1. The summed E-state index contributed by atoms with van der Waals surface area (Å²) >= 11 is 0. The number of hydrogen-bond acceptors (Lipinski definition) is 4. The Morgan fingerprint density at radius 1 is 1.19 bits per heavy atom. The normalized spacial score (nSPS) is 21.7. The highest BCUT2D eigenvalue weighted by molar-refractivity contribution is 5.92. The van der Waals surface area contributed by atoms with Gasteiger partial charge in [-0.25, -0.2) is 4.79 Å². The van der Waals surface area contributed by atoms with Crippen molar-refractivity contribution in [1.29, 1.82) is 0 Å². The molecule has 4 rings (SSSR count). The molecule has 3 heterocycles. The fourth-order valence-corrected chi connectivity index (χ4v) is 3.79. The van der Waals surface area contributed by atoms with Crippen molar-refractivity contribution in [3.8, 4) is 0 Å². The molecule has 2 aliphatic rings. The molecule has 2 aromatic rings. The molecule has 0 aliphatic carbocycles. The van der Waals surface area contributed by atoms with E-state index >= 15 is 0 Å². The standard InChI is InChI=1S/C20H26N4O2/c25-20(22-17-7-6-16-5-3-8-21-19(16)13-17)24-11-4-12-26-18(15-24)14-23-9-1-2-10-23/h3,5-8,13,18H,1-2,4,9-12,14-15H2,(H,22,25). The monoisotopic (exact) mass is 354 g/mol. The van der Waals surface area contributed by atoms with E-state index in [2.05, 4.69) is 15.2 Å². The van der Waals surface area contributed by atoms with Crippen LogP contribution in [0.15, 0.2) is 36.5 Å². The maximum Gasteiger partial charge on any atom is 0.321 e. The summed E-state index contributed by atoms with van der Waals surface area (Å²) in [6, 6.07) is 9.71. The first-order valence-corrected chi connectivity index (χ1v) is 9.52. The summed E-state index contributed by atoms with van der Waals surface area (Å²) in [5.41, 5.74) is 1.67. The maximum absolute atomic E-state index is 12.8. The first kappa shape index (κ1) is 17.2. The molecule has 26 heavy (non-hydrogen) atoms. The van der Waals surface area contributed by atoms with Crippen LogP contribution in [-0.4, -0.2) is 66.2 Å². The molecule has 0 bridgehead atoms. The highest BCUT2D eigenvalue weighted by Gasteiger charge is 2.25. The fraction of sp³-hybridized carbons (Fsp3) is 0.500. The van der Waals surface area contributed by atoms with Gasteiger partial charge in [0.25, 0.3) is 0 Å². The van der Waals surface area contributed by atoms with E-state index in [0.717, 1.165) is 55.8 Å². The Bertz CT molecular complexity index is 760. The molecule has 2 aliphatic heterocycles. The molecule has 2 saturated heterocycles. The van der Waals surface area contributed by atoms with Gasteiger partial charge in [0.05, 0.1) is 11.6 Å². The molecular formula is C20H26N4O2. The molecule has 0 saturated carbocycles. The van der Waals surface area contributed by atoms with Gasteiger partial charge in [-0.15, -0.1) is 0 Å². The van der Waals surface area contributed by atoms with E-state index in [4.69, 9.17) is 4.74 Å². The number of hydrogen-bond donors (Lipinski definition) is 1. The van der Waals surface area contributed by atoms with Crippen molar-refractivity contribution >= 4 is 22.6 Å². The lowest BCUT2D eigenvalue weighted by Crippen LogP contribution is -2.43. The smallest absolute Gasteiger partial charge is 0.321 e. The lowest BCUT2D eigenvalue weighted by molar-refractivity contribution is 0.0355. The Labute approximate surface area is 154 Å². The van der Waals surface area contributed by atoms with Gasteiger partial charge in [0.15, 0.2) is 0 Å². The number of ether oxygens (including phenoxy) is 1. The van der Waals surface area contributed by atoms with Crippen molar-refractivity contribution in [2.75, 3.05) is 44.6 Å². The summed E-state index contributed by atoms with van der Waals surface area (Å²) in [5, 5.41) is 4.09. The Balaban J connectivity index is 1.40. The van der Waals surface area contributed by atoms with Crippen LogP contribution in [0.5, 0.6) is 0 Å². The number of carbonyl (C=O) groups is 1. The third-order valence-corrected chi connectivity index (χ3v) is 5.15. The average molecular weight is 354 g/mol. The molecule has 2 amide bonds. The number of pyridine rings is 1. The number of benzene rings is 1. The summed E-state index contributed by atoms with van der Waals surface area (Å²) in [4.78, 5) is 21.5. The molecule has 0 spiro atoms. The van der Waals surface area contributed by atoms with Crippen molar-refractivity contribution in [3.05, 3.63) is 36.5 Å². The molecule has 6 heteroatoms. The van der Waals surface area contributed by atoms with Crippen LogP contribution in [-0.2, 0) is 4.74 Å². The fourth-order valence-electron chi connectivity index (χ4n) is 3.79. The van der Waals surface area contributed by atoms with E-state index in [-0.39, 0.29) is 12.1 Å². The molecule has 0 radical (unpaired) electrons. The SMILES string of the molecule is O=C(Nc1ccc2cccnc2c1)N1CCCOC(CN2CCCC2)C1. The minimum absolute atomic E-state index is 0.0581. The Morgan fingerprint density at radius 2 is 2.08 bits per heavy atom. The van der Waals surface area contributed by atoms with E-state index < -0.39 is 0 Å². The minimum Gasteiger partial charge on any atom is -0.375 e. The zero-order valence-corrected chi connectivity index (χ0v) is 15.1. The third kappa shape index (κ3) is 4.14. The van der Waals surface area contributed by atoms with E-state index in [1.165, 1.54) is 12.8 Å². The number of rotatable bonds is 3. The number of carbonyl (C=O) groups excluding carboxylic acids is 1. The second-order valence-corrected chi connectivity index (χ2v) is 7.14. The third-order valence-electron chi connectivity index (χ3n) is 5.15. The van der Waals surface area contributed by atoms with Gasteiger partial charge in [0, 0.05) is 43.5 Å². The van der Waals surface area contributed by atoms with Crippen molar-refractivity contribution < 1.29 is 9.53 Å². The van der Waals surface area contributed by atoms with Gasteiger partial charge in [0.1, 0.15) is 0 Å². The van der Waals surface area contributed by atoms with Crippen molar-refractivity contribution in [3.63, 3.8) is 0 Å². The molecule has 1 N–H and O–H groups in total. The number of amides is 2. The summed E-state index contributed by atoms with van der Waals surface area (Å²) in [7, 11) is 0. The first-order valence-electron chi connectivity index (χ1n) is 9.52. The zero-order valence-electron chi connectivity index (χ0n) is 15.1. The summed E-state index contributed by atoms with van der Waals surface area (Å²) in [5.74, 6) is 0. The molecule has 1 unspecified atom stereocenters. The molecule has 1 aromatic carbocycles. The highest BCUT2D eigenvalue weighted by Crippen LogP contribution is 2.18. The van der Waals surface area contributed by atoms with Crippen LogP contribution in [0.25, 0.3) is 10.9 Å². The number of anilines is 1. The quantitative estimate of drug-likeness (QED) is 0.921. The van der Waals surface area contributed by atoms with Crippen LogP contribution in [0.1, 0.15) is 19.3 Å². The van der Waals surface area contributed by atoms with Gasteiger partial charge in [0.2, 0.25) is 0 Å².